The van der Waals surface area contributed by atoms with Crippen LogP contribution in [0.25, 0.3) is 0 Å². The van der Waals surface area contributed by atoms with Gasteiger partial charge in [0.15, 0.2) is 6.23 Å². The van der Waals surface area contributed by atoms with Gasteiger partial charge >= 0.3 is 11.9 Å². The van der Waals surface area contributed by atoms with Crippen LogP contribution in [-0.4, -0.2) is 56.6 Å². The van der Waals surface area contributed by atoms with Gasteiger partial charge in [0, 0.05) is 49.8 Å². The Morgan fingerprint density at radius 2 is 2.17 bits per heavy atom. The molecule has 0 radical (unpaired) electrons. The van der Waals surface area contributed by atoms with Crippen LogP contribution in [0.3, 0.4) is 0 Å². The minimum Gasteiger partial charge on any atom is -0.478 e. The van der Waals surface area contributed by atoms with Gasteiger partial charge in [0.1, 0.15) is 0 Å². The lowest BCUT2D eigenvalue weighted by Gasteiger charge is -2.34. The van der Waals surface area contributed by atoms with Gasteiger partial charge in [-0.05, 0) is 51.4 Å². The van der Waals surface area contributed by atoms with Crippen molar-refractivity contribution in [1.29, 1.82) is 0 Å². The highest BCUT2D eigenvalue weighted by Crippen LogP contribution is 2.42. The summed E-state index contributed by atoms with van der Waals surface area (Å²) in [5, 5.41) is 12.0. The molecule has 29 heavy (non-hydrogen) atoms. The molecule has 2 N–H and O–H groups in total. The van der Waals surface area contributed by atoms with E-state index in [-0.39, 0.29) is 5.92 Å². The largest absolute Gasteiger partial charge is 0.478 e. The predicted octanol–water partition coefficient (Wildman–Crippen LogP) is 2.61. The summed E-state index contributed by atoms with van der Waals surface area (Å²) in [4.78, 5) is 24.9. The van der Waals surface area contributed by atoms with Crippen molar-refractivity contribution in [2.75, 3.05) is 38.3 Å². The number of esters is 1. The zero-order valence-corrected chi connectivity index (χ0v) is 18.3. The average molecular weight is 467 g/mol. The Bertz CT molecular complexity index is 811. The van der Waals surface area contributed by atoms with Crippen LogP contribution >= 0.6 is 15.9 Å². The van der Waals surface area contributed by atoms with Gasteiger partial charge in [0.05, 0.1) is 12.3 Å². The molecule has 158 valence electrons. The first-order valence-corrected chi connectivity index (χ1v) is 10.6. The van der Waals surface area contributed by atoms with Crippen LogP contribution in [0.15, 0.2) is 22.7 Å². The number of fused-ring (bicyclic) bond motifs is 2. The van der Waals surface area contributed by atoms with Gasteiger partial charge in [-0.1, -0.05) is 13.0 Å². The van der Waals surface area contributed by atoms with Crippen LogP contribution in [0, 0.1) is 0 Å². The van der Waals surface area contributed by atoms with E-state index in [9.17, 15) is 9.59 Å². The van der Waals surface area contributed by atoms with Crippen molar-refractivity contribution in [2.45, 2.75) is 38.3 Å². The van der Waals surface area contributed by atoms with Crippen LogP contribution < -0.4 is 10.2 Å². The number of ether oxygens (including phenoxy) is 2. The molecule has 1 aromatic carbocycles. The van der Waals surface area contributed by atoms with Crippen molar-refractivity contribution in [3.63, 3.8) is 0 Å². The van der Waals surface area contributed by atoms with Gasteiger partial charge in [-0.3, -0.25) is 5.32 Å². The van der Waals surface area contributed by atoms with Gasteiger partial charge in [0.2, 0.25) is 0 Å². The summed E-state index contributed by atoms with van der Waals surface area (Å²) in [6.45, 7) is 5.35. The number of carboxylic acid groups (broad SMARTS) is 1. The van der Waals surface area contributed by atoms with E-state index in [1.165, 1.54) is 16.8 Å². The maximum Gasteiger partial charge on any atom is 0.332 e. The number of carbonyl (C=O) groups excluding carboxylic acids is 1. The van der Waals surface area contributed by atoms with Crippen LogP contribution in [-0.2, 0) is 31.9 Å². The number of nitrogens with zero attached hydrogens (tertiary/aromatic N) is 1. The molecule has 2 aliphatic heterocycles. The monoisotopic (exact) mass is 466 g/mol. The number of hydrogen-bond donors (Lipinski definition) is 2. The molecule has 1 aromatic rings. The molecule has 7 nitrogen and oxygen atoms in total. The second-order valence-corrected chi connectivity index (χ2v) is 8.26. The number of benzene rings is 1. The minimum absolute atomic E-state index is 0.231. The molecule has 2 aliphatic rings. The topological polar surface area (TPSA) is 88.1 Å². The second-order valence-electron chi connectivity index (χ2n) is 7.46. The molecule has 0 spiro atoms. The standard InChI is InChI=1S/C21H27BrN2O5/c1-13-12-23-16(29-18(27)6-5-17(25)26)11-15-10-14-4-3-7-24(8-9-28-2)21(14)20(22)19(13)15/h5-6,10,13,16,23H,3-4,7-9,11-12H2,1-2H3,(H,25,26)/b6-5+. The SMILES string of the molecule is COCCN1CCCc2cc3c(c(Br)c21)C(C)CNC(OC(=O)/C=C/C(=O)O)C3. The summed E-state index contributed by atoms with van der Waals surface area (Å²) in [5.74, 6) is -1.61. The zero-order chi connectivity index (χ0) is 21.0. The zero-order valence-electron chi connectivity index (χ0n) is 16.7. The minimum atomic E-state index is -1.18. The highest BCUT2D eigenvalue weighted by molar-refractivity contribution is 9.10. The number of aryl methyl sites for hydroxylation is 1. The third-order valence-corrected chi connectivity index (χ3v) is 6.17. The van der Waals surface area contributed by atoms with E-state index in [4.69, 9.17) is 14.6 Å². The summed E-state index contributed by atoms with van der Waals surface area (Å²) in [6, 6.07) is 2.24. The third kappa shape index (κ3) is 5.18. The lowest BCUT2D eigenvalue weighted by Crippen LogP contribution is -2.35. The molecule has 0 saturated heterocycles. The van der Waals surface area contributed by atoms with E-state index in [1.807, 2.05) is 0 Å². The number of nitrogens with one attached hydrogen (secondary N) is 1. The fourth-order valence-electron chi connectivity index (χ4n) is 4.08. The fraction of sp³-hybridized carbons (Fsp3) is 0.524. The third-order valence-electron chi connectivity index (χ3n) is 5.37. The highest BCUT2D eigenvalue weighted by atomic mass is 79.9. The van der Waals surface area contributed by atoms with E-state index in [0.717, 1.165) is 48.1 Å². The maximum atomic E-state index is 11.9. The van der Waals surface area contributed by atoms with Crippen LogP contribution in [0.2, 0.25) is 0 Å². The van der Waals surface area contributed by atoms with Gasteiger partial charge in [-0.15, -0.1) is 0 Å². The molecular weight excluding hydrogens is 440 g/mol. The average Bonchev–Trinajstić information content (AvgIpc) is 2.83. The number of hydrogen-bond acceptors (Lipinski definition) is 6. The maximum absolute atomic E-state index is 11.9. The van der Waals surface area contributed by atoms with Gasteiger partial charge in [-0.25, -0.2) is 9.59 Å². The van der Waals surface area contributed by atoms with E-state index >= 15 is 0 Å². The summed E-state index contributed by atoms with van der Waals surface area (Å²) >= 11 is 3.88. The van der Waals surface area contributed by atoms with E-state index in [0.29, 0.717) is 19.6 Å². The number of anilines is 1. The van der Waals surface area contributed by atoms with Crippen LogP contribution in [0.4, 0.5) is 5.69 Å². The summed E-state index contributed by atoms with van der Waals surface area (Å²) in [6.07, 6.45) is 3.87. The molecule has 2 unspecified atom stereocenters. The number of carboxylic acids is 1. The van der Waals surface area contributed by atoms with Crippen molar-refractivity contribution >= 4 is 33.6 Å². The fourth-order valence-corrected chi connectivity index (χ4v) is 5.23. The van der Waals surface area contributed by atoms with Crippen molar-refractivity contribution in [2.24, 2.45) is 0 Å². The summed E-state index contributed by atoms with van der Waals surface area (Å²) in [5.41, 5.74) is 4.93. The Kier molecular flexibility index (Phi) is 7.32. The molecule has 3 rings (SSSR count). The first-order chi connectivity index (χ1) is 13.9. The number of aliphatic carboxylic acids is 1. The summed E-state index contributed by atoms with van der Waals surface area (Å²) < 4.78 is 11.8. The lowest BCUT2D eigenvalue weighted by molar-refractivity contribution is -0.145. The molecule has 0 aromatic heterocycles. The van der Waals surface area contributed by atoms with Gasteiger partial charge < -0.3 is 19.5 Å². The number of carbonyl (C=O) groups is 2. The molecule has 0 bridgehead atoms. The van der Waals surface area contributed by atoms with Crippen LogP contribution in [0.1, 0.15) is 36.0 Å². The Morgan fingerprint density at radius 1 is 1.38 bits per heavy atom. The Labute approximate surface area is 179 Å². The van der Waals surface area contributed by atoms with Crippen molar-refractivity contribution in [3.05, 3.63) is 39.4 Å². The van der Waals surface area contributed by atoms with E-state index < -0.39 is 18.2 Å². The van der Waals surface area contributed by atoms with E-state index in [1.54, 1.807) is 7.11 Å². The molecule has 2 atom stereocenters. The first kappa shape index (κ1) is 21.8. The Balaban J connectivity index is 1.88. The normalized spacial score (nSPS) is 21.4. The first-order valence-electron chi connectivity index (χ1n) is 9.83. The number of methoxy groups -OCH3 is 1. The number of halogens is 1. The lowest BCUT2D eigenvalue weighted by atomic mass is 9.89. The van der Waals surface area contributed by atoms with Gasteiger partial charge in [-0.2, -0.15) is 0 Å². The quantitative estimate of drug-likeness (QED) is 0.491. The van der Waals surface area contributed by atoms with Crippen molar-refractivity contribution < 1.29 is 24.2 Å². The molecule has 2 heterocycles. The summed E-state index contributed by atoms with van der Waals surface area (Å²) in [7, 11) is 1.72. The Morgan fingerprint density at radius 3 is 2.90 bits per heavy atom. The molecule has 0 aliphatic carbocycles. The number of rotatable bonds is 6. The molecule has 8 heteroatoms. The molecule has 0 saturated carbocycles. The predicted molar refractivity (Wildman–Crippen MR) is 113 cm³/mol. The Hall–Kier alpha value is -1.90. The van der Waals surface area contributed by atoms with Gasteiger partial charge in [0.25, 0.3) is 0 Å². The molecular formula is C21H27BrN2O5. The van der Waals surface area contributed by atoms with Crippen LogP contribution in [0.5, 0.6) is 0 Å². The molecule has 0 amide bonds. The molecule has 0 fully saturated rings. The van der Waals surface area contributed by atoms with E-state index in [2.05, 4.69) is 39.1 Å². The highest BCUT2D eigenvalue weighted by Gasteiger charge is 2.30. The van der Waals surface area contributed by atoms with Crippen molar-refractivity contribution in [1.82, 2.24) is 5.32 Å². The van der Waals surface area contributed by atoms with Crippen molar-refractivity contribution in [3.8, 4) is 0 Å². The second kappa shape index (κ2) is 9.73. The smallest absolute Gasteiger partial charge is 0.332 e.